The van der Waals surface area contributed by atoms with Gasteiger partial charge in [-0.15, -0.1) is 0 Å². The number of aliphatic imine (C=N–C) groups is 2. The number of para-hydroxylation sites is 2. The molecule has 8 heteroatoms. The van der Waals surface area contributed by atoms with Crippen LogP contribution in [0.25, 0.3) is 0 Å². The predicted octanol–water partition coefficient (Wildman–Crippen LogP) is 13.0. The molecule has 1 aromatic heterocycles. The van der Waals surface area contributed by atoms with E-state index in [9.17, 15) is 0 Å². The van der Waals surface area contributed by atoms with Crippen molar-refractivity contribution in [2.75, 3.05) is 0 Å². The normalized spacial score (nSPS) is 12.0. The van der Waals surface area contributed by atoms with Crippen LogP contribution >= 0.6 is 57.4 Å². The molecule has 1 heterocycles. The fourth-order valence-electron chi connectivity index (χ4n) is 4.57. The molecule has 0 bridgehead atoms. The Kier molecular flexibility index (Phi) is 18.5. The molecule has 0 spiro atoms. The topological polar surface area (TPSA) is 37.6 Å². The molecule has 0 aliphatic carbocycles. The number of aromatic nitrogens is 1. The van der Waals surface area contributed by atoms with E-state index in [-0.39, 0.29) is 13.1 Å². The molecule has 2 aromatic carbocycles. The zero-order valence-corrected chi connectivity index (χ0v) is 32.7. The summed E-state index contributed by atoms with van der Waals surface area (Å²) >= 11 is 4.25. The number of nitrogens with zero attached hydrogens (tertiary/aromatic N) is 3. The first kappa shape index (κ1) is 38.5. The molecule has 0 aliphatic heterocycles. The van der Waals surface area contributed by atoms with Gasteiger partial charge in [-0.3, -0.25) is 9.98 Å². The van der Waals surface area contributed by atoms with Gasteiger partial charge in [0.1, 0.15) is 0 Å². The first-order valence-corrected chi connectivity index (χ1v) is 23.3. The maximum atomic E-state index is 5.15. The molecule has 3 nitrogen and oxygen atoms in total. The second kappa shape index (κ2) is 19.7. The number of benzene rings is 2. The second-order valence-corrected chi connectivity index (χ2v) is 13.0. The summed E-state index contributed by atoms with van der Waals surface area (Å²) in [7, 11) is 9.59. The van der Waals surface area contributed by atoms with E-state index < -0.39 is 0 Å². The van der Waals surface area contributed by atoms with E-state index in [4.69, 9.17) is 35.2 Å². The second-order valence-electron chi connectivity index (χ2n) is 11.0. The quantitative estimate of drug-likeness (QED) is 0.126. The summed E-state index contributed by atoms with van der Waals surface area (Å²) in [6.07, 6.45) is 0. The number of hydrogen-bond acceptors (Lipinski definition) is 3. The molecular formula is C33H43Cl2I2MnN3. The van der Waals surface area contributed by atoms with Gasteiger partial charge in [0.05, 0.1) is 34.2 Å². The van der Waals surface area contributed by atoms with Crippen LogP contribution in [0.1, 0.15) is 127 Å². The van der Waals surface area contributed by atoms with Crippen LogP contribution < -0.4 is 0 Å². The summed E-state index contributed by atoms with van der Waals surface area (Å²) < 4.78 is 0. The molecule has 0 aliphatic rings. The van der Waals surface area contributed by atoms with E-state index in [2.05, 4.69) is 149 Å². The molecule has 41 heavy (non-hydrogen) atoms. The van der Waals surface area contributed by atoms with Crippen LogP contribution in [0.2, 0.25) is 0 Å². The van der Waals surface area contributed by atoms with E-state index in [1.165, 1.54) is 22.3 Å². The van der Waals surface area contributed by atoms with Gasteiger partial charge >= 0.3 is 33.3 Å². The van der Waals surface area contributed by atoms with Crippen molar-refractivity contribution < 1.29 is 13.1 Å². The van der Waals surface area contributed by atoms with Crippen molar-refractivity contribution in [3.05, 3.63) is 88.2 Å². The standard InChI is InChI=1S/C33H43N3.2ClH.I2.Mn/c1-20(2)26-14-11-15-27(21(3)4)32(26)34-24(9)30-18-13-19-31(36-30)25(10)35-33-28(22(5)6)16-12-17-29(33)23(7)8;;;1-2;/h11-23H,1-10H3;2*1H;;/q;;;;+2/p-2. The van der Waals surface area contributed by atoms with Crippen LogP contribution in [0, 0.1) is 0 Å². The summed E-state index contributed by atoms with van der Waals surface area (Å²) in [5.41, 5.74) is 10.9. The maximum absolute atomic E-state index is 5.15. The molecular weight excluding hydrogens is 818 g/mol. The number of halogens is 4. The molecule has 0 amide bonds. The van der Waals surface area contributed by atoms with Gasteiger partial charge in [0, 0.05) is 37.2 Å². The van der Waals surface area contributed by atoms with E-state index in [0.29, 0.717) is 23.7 Å². The first-order valence-electron chi connectivity index (χ1n) is 13.8. The average Bonchev–Trinajstić information content (AvgIpc) is 2.94. The SMILES string of the molecule is CC(=Nc1c(C(C)C)cccc1C(C)C)c1cccc(C(C)=Nc2c(C(C)C)cccc2C(C)C)n1.II.[Cl][Mn][Cl]. The van der Waals surface area contributed by atoms with Gasteiger partial charge in [-0.2, -0.15) is 0 Å². The summed E-state index contributed by atoms with van der Waals surface area (Å²) in [5, 5.41) is 0. The van der Waals surface area contributed by atoms with Crippen molar-refractivity contribution >= 4 is 80.2 Å². The van der Waals surface area contributed by atoms with Crippen molar-refractivity contribution in [1.29, 1.82) is 0 Å². The number of rotatable bonds is 8. The molecule has 0 atom stereocenters. The van der Waals surface area contributed by atoms with Gasteiger partial charge in [-0.25, -0.2) is 4.98 Å². The third-order valence-electron chi connectivity index (χ3n) is 6.73. The first-order chi connectivity index (χ1) is 19.4. The Balaban J connectivity index is 0.00000157. The molecule has 0 fully saturated rings. The molecule has 3 aromatic rings. The Labute approximate surface area is 286 Å². The number of hydrogen-bond donors (Lipinski definition) is 0. The van der Waals surface area contributed by atoms with Crippen molar-refractivity contribution in [2.45, 2.75) is 92.9 Å². The molecule has 0 unspecified atom stereocenters. The van der Waals surface area contributed by atoms with Gasteiger partial charge < -0.3 is 0 Å². The predicted molar refractivity (Wildman–Crippen MR) is 197 cm³/mol. The fraction of sp³-hybridized carbons (Fsp3) is 0.424. The Bertz CT molecular complexity index is 1160. The zero-order chi connectivity index (χ0) is 31.3. The van der Waals surface area contributed by atoms with Gasteiger partial charge in [0.15, 0.2) is 0 Å². The molecule has 0 radical (unpaired) electrons. The van der Waals surface area contributed by atoms with Crippen LogP contribution in [0.4, 0.5) is 11.4 Å². The minimum atomic E-state index is 0.00694. The van der Waals surface area contributed by atoms with E-state index >= 15 is 0 Å². The Morgan fingerprint density at radius 1 is 0.585 bits per heavy atom. The van der Waals surface area contributed by atoms with E-state index in [0.717, 1.165) is 34.2 Å². The van der Waals surface area contributed by atoms with E-state index in [1.807, 2.05) is 12.1 Å². The summed E-state index contributed by atoms with van der Waals surface area (Å²) in [6.45, 7) is 22.0. The molecule has 3 rings (SSSR count). The van der Waals surface area contributed by atoms with Crippen molar-refractivity contribution in [3.63, 3.8) is 0 Å². The Morgan fingerprint density at radius 2 is 0.829 bits per heavy atom. The molecule has 0 saturated heterocycles. The fourth-order valence-corrected chi connectivity index (χ4v) is 4.57. The van der Waals surface area contributed by atoms with Crippen LogP contribution in [-0.2, 0) is 13.1 Å². The van der Waals surface area contributed by atoms with Gasteiger partial charge in [0.2, 0.25) is 0 Å². The summed E-state index contributed by atoms with van der Waals surface area (Å²) in [4.78, 5) is 15.3. The molecule has 0 saturated carbocycles. The molecule has 0 N–H and O–H groups in total. The van der Waals surface area contributed by atoms with Crippen LogP contribution in [0.15, 0.2) is 64.6 Å². The Hall–Kier alpha value is -0.511. The van der Waals surface area contributed by atoms with Gasteiger partial charge in [-0.1, -0.05) is 97.9 Å². The zero-order valence-electron chi connectivity index (χ0n) is 25.7. The van der Waals surface area contributed by atoms with Crippen molar-refractivity contribution in [2.24, 2.45) is 9.98 Å². The summed E-state index contributed by atoms with van der Waals surface area (Å²) in [6, 6.07) is 19.2. The van der Waals surface area contributed by atoms with Crippen LogP contribution in [0.5, 0.6) is 0 Å². The third-order valence-corrected chi connectivity index (χ3v) is 6.73. The van der Waals surface area contributed by atoms with Crippen molar-refractivity contribution in [3.8, 4) is 0 Å². The molecule has 225 valence electrons. The number of pyridine rings is 1. The van der Waals surface area contributed by atoms with Gasteiger partial charge in [-0.05, 0) is 71.9 Å². The van der Waals surface area contributed by atoms with Crippen molar-refractivity contribution in [1.82, 2.24) is 4.98 Å². The summed E-state index contributed by atoms with van der Waals surface area (Å²) in [5.74, 6) is 1.61. The van der Waals surface area contributed by atoms with E-state index in [1.54, 1.807) is 0 Å². The van der Waals surface area contributed by atoms with Crippen LogP contribution in [0.3, 0.4) is 0 Å². The minimum absolute atomic E-state index is 0.00694. The third kappa shape index (κ3) is 11.5. The van der Waals surface area contributed by atoms with Gasteiger partial charge in [0.25, 0.3) is 0 Å². The van der Waals surface area contributed by atoms with Crippen LogP contribution in [-0.4, -0.2) is 16.4 Å². The average molecular weight is 861 g/mol. The monoisotopic (exact) mass is 860 g/mol. The Morgan fingerprint density at radius 3 is 1.07 bits per heavy atom.